The van der Waals surface area contributed by atoms with Gasteiger partial charge in [-0.25, -0.2) is 4.39 Å². The molecule has 0 radical (unpaired) electrons. The molecule has 0 bridgehead atoms. The number of nitrogens with one attached hydrogen (secondary N) is 1. The van der Waals surface area contributed by atoms with Crippen LogP contribution in [-0.4, -0.2) is 13.0 Å². The number of carbonyl (C=O) groups is 1. The quantitative estimate of drug-likeness (QED) is 0.513. The molecule has 0 spiro atoms. The fourth-order valence-electron chi connectivity index (χ4n) is 3.02. The second-order valence-corrected chi connectivity index (χ2v) is 7.38. The molecule has 1 atom stereocenters. The topological polar surface area (TPSA) is 47.6 Å². The summed E-state index contributed by atoms with van der Waals surface area (Å²) in [6.07, 6.45) is 0. The number of amides is 1. The van der Waals surface area contributed by atoms with E-state index in [1.807, 2.05) is 19.9 Å². The molecule has 6 heteroatoms. The maximum absolute atomic E-state index is 13.1. The fraction of sp³-hybridized carbons (Fsp3) is 0.208. The predicted octanol–water partition coefficient (Wildman–Crippen LogP) is 5.87. The Morgan fingerprint density at radius 1 is 1.10 bits per heavy atom. The standard InChI is InChI=1S/C24H23ClFNO3/c1-15-12-21(9-10-22(15)25)30-14-19-13-18(6-11-23(19)29-3)24(28)27-16(2)17-4-7-20(26)8-5-17/h4-13,16H,14H2,1-3H3,(H,27,28). The lowest BCUT2D eigenvalue weighted by atomic mass is 10.1. The van der Waals surface area contributed by atoms with Gasteiger partial charge in [0.05, 0.1) is 13.2 Å². The minimum absolute atomic E-state index is 0.235. The Balaban J connectivity index is 1.73. The number of aryl methyl sites for hydroxylation is 1. The second kappa shape index (κ2) is 9.63. The van der Waals surface area contributed by atoms with Crippen LogP contribution in [0.4, 0.5) is 4.39 Å². The van der Waals surface area contributed by atoms with Gasteiger partial charge in [0.15, 0.2) is 0 Å². The smallest absolute Gasteiger partial charge is 0.251 e. The Bertz CT molecular complexity index is 1040. The zero-order valence-electron chi connectivity index (χ0n) is 17.0. The van der Waals surface area contributed by atoms with Crippen molar-refractivity contribution in [2.45, 2.75) is 26.5 Å². The maximum atomic E-state index is 13.1. The number of ether oxygens (including phenoxy) is 2. The minimum atomic E-state index is -0.312. The number of halogens is 2. The minimum Gasteiger partial charge on any atom is -0.496 e. The summed E-state index contributed by atoms with van der Waals surface area (Å²) in [4.78, 5) is 12.7. The van der Waals surface area contributed by atoms with Gasteiger partial charge in [-0.3, -0.25) is 4.79 Å². The first-order valence-electron chi connectivity index (χ1n) is 9.49. The summed E-state index contributed by atoms with van der Waals surface area (Å²) in [6.45, 7) is 3.99. The van der Waals surface area contributed by atoms with E-state index in [1.54, 1.807) is 49.6 Å². The van der Waals surface area contributed by atoms with Gasteiger partial charge in [-0.15, -0.1) is 0 Å². The van der Waals surface area contributed by atoms with Crippen LogP contribution in [0, 0.1) is 12.7 Å². The van der Waals surface area contributed by atoms with Crippen molar-refractivity contribution in [2.24, 2.45) is 0 Å². The van der Waals surface area contributed by atoms with Crippen LogP contribution >= 0.6 is 11.6 Å². The molecular formula is C24H23ClFNO3. The number of hydrogen-bond acceptors (Lipinski definition) is 3. The largest absolute Gasteiger partial charge is 0.496 e. The van der Waals surface area contributed by atoms with E-state index in [9.17, 15) is 9.18 Å². The van der Waals surface area contributed by atoms with Crippen LogP contribution in [0.3, 0.4) is 0 Å². The van der Waals surface area contributed by atoms with Crippen LogP contribution in [0.15, 0.2) is 60.7 Å². The van der Waals surface area contributed by atoms with Crippen molar-refractivity contribution in [3.05, 3.63) is 93.8 Å². The van der Waals surface area contributed by atoms with Crippen LogP contribution in [-0.2, 0) is 6.61 Å². The molecule has 1 amide bonds. The highest BCUT2D eigenvalue weighted by molar-refractivity contribution is 6.31. The van der Waals surface area contributed by atoms with E-state index in [0.29, 0.717) is 22.1 Å². The van der Waals surface area contributed by atoms with Gasteiger partial charge in [0.2, 0.25) is 0 Å². The number of benzene rings is 3. The van der Waals surface area contributed by atoms with Gasteiger partial charge in [-0.2, -0.15) is 0 Å². The molecule has 0 aliphatic carbocycles. The third kappa shape index (κ3) is 5.30. The number of hydrogen-bond donors (Lipinski definition) is 1. The van der Waals surface area contributed by atoms with E-state index < -0.39 is 0 Å². The zero-order chi connectivity index (χ0) is 21.7. The number of methoxy groups -OCH3 is 1. The maximum Gasteiger partial charge on any atom is 0.251 e. The molecule has 0 saturated carbocycles. The van der Waals surface area contributed by atoms with E-state index in [2.05, 4.69) is 5.32 Å². The van der Waals surface area contributed by atoms with Gasteiger partial charge in [0.1, 0.15) is 23.9 Å². The third-order valence-corrected chi connectivity index (χ3v) is 5.21. The van der Waals surface area contributed by atoms with Gasteiger partial charge in [0.25, 0.3) is 5.91 Å². The van der Waals surface area contributed by atoms with Crippen molar-refractivity contribution in [3.8, 4) is 11.5 Å². The summed E-state index contributed by atoms with van der Waals surface area (Å²) >= 11 is 6.06. The van der Waals surface area contributed by atoms with Gasteiger partial charge in [0, 0.05) is 16.1 Å². The van der Waals surface area contributed by atoms with Crippen LogP contribution < -0.4 is 14.8 Å². The fourth-order valence-corrected chi connectivity index (χ4v) is 3.13. The Hall–Kier alpha value is -3.05. The first-order chi connectivity index (χ1) is 14.4. The van der Waals surface area contributed by atoms with Crippen molar-refractivity contribution in [3.63, 3.8) is 0 Å². The first-order valence-corrected chi connectivity index (χ1v) is 9.87. The SMILES string of the molecule is COc1ccc(C(=O)NC(C)c2ccc(F)cc2)cc1COc1ccc(Cl)c(C)c1. The van der Waals surface area contributed by atoms with E-state index in [-0.39, 0.29) is 24.4 Å². The predicted molar refractivity (Wildman–Crippen MR) is 116 cm³/mol. The van der Waals surface area contributed by atoms with Crippen LogP contribution in [0.25, 0.3) is 0 Å². The lowest BCUT2D eigenvalue weighted by Crippen LogP contribution is -2.26. The highest BCUT2D eigenvalue weighted by Crippen LogP contribution is 2.25. The van der Waals surface area contributed by atoms with E-state index >= 15 is 0 Å². The summed E-state index contributed by atoms with van der Waals surface area (Å²) in [6, 6.07) is 16.4. The lowest BCUT2D eigenvalue weighted by Gasteiger charge is -2.16. The molecule has 3 aromatic rings. The van der Waals surface area contributed by atoms with Crippen molar-refractivity contribution < 1.29 is 18.7 Å². The summed E-state index contributed by atoms with van der Waals surface area (Å²) < 4.78 is 24.4. The van der Waals surface area contributed by atoms with Crippen molar-refractivity contribution in [1.29, 1.82) is 0 Å². The average Bonchev–Trinajstić information content (AvgIpc) is 2.74. The Kier molecular flexibility index (Phi) is 6.95. The van der Waals surface area contributed by atoms with E-state index in [4.69, 9.17) is 21.1 Å². The average molecular weight is 428 g/mol. The summed E-state index contributed by atoms with van der Waals surface area (Å²) in [5.74, 6) is 0.758. The summed E-state index contributed by atoms with van der Waals surface area (Å²) in [5.41, 5.74) is 2.96. The molecule has 0 aromatic heterocycles. The summed E-state index contributed by atoms with van der Waals surface area (Å²) in [5, 5.41) is 3.60. The third-order valence-electron chi connectivity index (χ3n) is 4.78. The van der Waals surface area contributed by atoms with Gasteiger partial charge in [-0.1, -0.05) is 23.7 Å². The van der Waals surface area contributed by atoms with Gasteiger partial charge >= 0.3 is 0 Å². The molecule has 30 heavy (non-hydrogen) atoms. The van der Waals surface area contributed by atoms with E-state index in [0.717, 1.165) is 16.7 Å². The monoisotopic (exact) mass is 427 g/mol. The van der Waals surface area contributed by atoms with Crippen molar-refractivity contribution in [2.75, 3.05) is 7.11 Å². The molecule has 156 valence electrons. The number of carbonyl (C=O) groups excluding carboxylic acids is 1. The van der Waals surface area contributed by atoms with Crippen molar-refractivity contribution in [1.82, 2.24) is 5.32 Å². The molecule has 0 aliphatic rings. The Morgan fingerprint density at radius 3 is 2.50 bits per heavy atom. The van der Waals surface area contributed by atoms with Crippen LogP contribution in [0.5, 0.6) is 11.5 Å². The molecular weight excluding hydrogens is 405 g/mol. The molecule has 0 heterocycles. The number of rotatable bonds is 7. The zero-order valence-corrected chi connectivity index (χ0v) is 17.8. The second-order valence-electron chi connectivity index (χ2n) is 6.97. The molecule has 0 fully saturated rings. The Labute approximate surface area is 180 Å². The molecule has 0 saturated heterocycles. The lowest BCUT2D eigenvalue weighted by molar-refractivity contribution is 0.0939. The molecule has 0 aliphatic heterocycles. The van der Waals surface area contributed by atoms with Crippen LogP contribution in [0.2, 0.25) is 5.02 Å². The molecule has 4 nitrogen and oxygen atoms in total. The molecule has 1 N–H and O–H groups in total. The molecule has 1 unspecified atom stereocenters. The Morgan fingerprint density at radius 2 is 1.83 bits per heavy atom. The molecule has 3 aromatic carbocycles. The highest BCUT2D eigenvalue weighted by Gasteiger charge is 2.14. The normalized spacial score (nSPS) is 11.6. The summed E-state index contributed by atoms with van der Waals surface area (Å²) in [7, 11) is 1.57. The highest BCUT2D eigenvalue weighted by atomic mass is 35.5. The van der Waals surface area contributed by atoms with Gasteiger partial charge in [-0.05, 0) is 73.5 Å². The van der Waals surface area contributed by atoms with Gasteiger partial charge < -0.3 is 14.8 Å². The van der Waals surface area contributed by atoms with Crippen LogP contribution in [0.1, 0.15) is 40.0 Å². The van der Waals surface area contributed by atoms with E-state index in [1.165, 1.54) is 12.1 Å². The first kappa shape index (κ1) is 21.7. The van der Waals surface area contributed by atoms with Crippen molar-refractivity contribution >= 4 is 17.5 Å². The molecule has 3 rings (SSSR count).